The van der Waals surface area contributed by atoms with Gasteiger partial charge in [0.2, 0.25) is 10.0 Å². The number of hydrogen-bond acceptors (Lipinski definition) is 5. The number of rotatable bonds is 6. The van der Waals surface area contributed by atoms with E-state index in [1.54, 1.807) is 0 Å². The van der Waals surface area contributed by atoms with E-state index in [1.807, 2.05) is 0 Å². The Morgan fingerprint density at radius 2 is 1.73 bits per heavy atom. The number of sulfone groups is 1. The Labute approximate surface area is 132 Å². The van der Waals surface area contributed by atoms with Crippen molar-refractivity contribution in [2.24, 2.45) is 5.73 Å². The second-order valence-electron chi connectivity index (χ2n) is 5.68. The molecular weight excluding hydrogens is 324 g/mol. The Balaban J connectivity index is 2.36. The van der Waals surface area contributed by atoms with E-state index in [0.717, 1.165) is 12.8 Å². The van der Waals surface area contributed by atoms with E-state index in [-0.39, 0.29) is 22.1 Å². The molecule has 2 rings (SSSR count). The third-order valence-electron chi connectivity index (χ3n) is 4.16. The molecule has 0 saturated heterocycles. The molecule has 1 fully saturated rings. The van der Waals surface area contributed by atoms with E-state index < -0.39 is 25.4 Å². The first-order valence-electron chi connectivity index (χ1n) is 7.32. The zero-order valence-electron chi connectivity index (χ0n) is 12.6. The van der Waals surface area contributed by atoms with Crippen LogP contribution in [0.5, 0.6) is 0 Å². The number of benzene rings is 1. The minimum Gasteiger partial charge on any atom is -0.329 e. The minimum absolute atomic E-state index is 0.0195. The van der Waals surface area contributed by atoms with Crippen LogP contribution >= 0.6 is 0 Å². The first kappa shape index (κ1) is 17.4. The Bertz CT molecular complexity index is 736. The minimum atomic E-state index is -3.80. The van der Waals surface area contributed by atoms with Crippen molar-refractivity contribution in [3.63, 3.8) is 0 Å². The maximum Gasteiger partial charge on any atom is 0.241 e. The average Bonchev–Trinajstić information content (AvgIpc) is 2.96. The molecule has 0 bridgehead atoms. The van der Waals surface area contributed by atoms with Gasteiger partial charge in [0.1, 0.15) is 0 Å². The van der Waals surface area contributed by atoms with Crippen LogP contribution in [0, 0.1) is 0 Å². The van der Waals surface area contributed by atoms with Gasteiger partial charge in [0, 0.05) is 12.1 Å². The summed E-state index contributed by atoms with van der Waals surface area (Å²) in [5, 5.41) is 0. The molecule has 1 aromatic rings. The second kappa shape index (κ2) is 6.27. The SMILES string of the molecule is CCS(=O)(=O)c1cccc(S(=O)(=O)NC2(CN)CCCC2)c1. The van der Waals surface area contributed by atoms with Crippen molar-refractivity contribution >= 4 is 19.9 Å². The largest absolute Gasteiger partial charge is 0.329 e. The van der Waals surface area contributed by atoms with Crippen LogP contribution in [0.3, 0.4) is 0 Å². The average molecular weight is 346 g/mol. The maximum atomic E-state index is 12.6. The van der Waals surface area contributed by atoms with Gasteiger partial charge in [0.15, 0.2) is 9.84 Å². The first-order chi connectivity index (χ1) is 10.2. The van der Waals surface area contributed by atoms with Crippen molar-refractivity contribution in [3.8, 4) is 0 Å². The molecule has 1 saturated carbocycles. The molecule has 0 spiro atoms. The summed E-state index contributed by atoms with van der Waals surface area (Å²) in [6.45, 7) is 1.76. The van der Waals surface area contributed by atoms with Crippen LogP contribution in [0.25, 0.3) is 0 Å². The molecule has 22 heavy (non-hydrogen) atoms. The van der Waals surface area contributed by atoms with Crippen LogP contribution in [-0.4, -0.2) is 34.7 Å². The molecule has 0 heterocycles. The molecule has 8 heteroatoms. The predicted octanol–water partition coefficient (Wildman–Crippen LogP) is 1.03. The zero-order chi connectivity index (χ0) is 16.4. The normalized spacial score (nSPS) is 18.5. The summed E-state index contributed by atoms with van der Waals surface area (Å²) in [6, 6.07) is 5.46. The van der Waals surface area contributed by atoms with Crippen molar-refractivity contribution in [1.29, 1.82) is 0 Å². The van der Waals surface area contributed by atoms with Crippen molar-refractivity contribution < 1.29 is 16.8 Å². The molecule has 1 aromatic carbocycles. The first-order valence-corrected chi connectivity index (χ1v) is 10.5. The Morgan fingerprint density at radius 1 is 1.14 bits per heavy atom. The molecule has 0 radical (unpaired) electrons. The molecule has 1 aliphatic rings. The third kappa shape index (κ3) is 3.51. The van der Waals surface area contributed by atoms with Crippen LogP contribution in [0.15, 0.2) is 34.1 Å². The molecule has 3 N–H and O–H groups in total. The lowest BCUT2D eigenvalue weighted by Crippen LogP contribution is -2.51. The lowest BCUT2D eigenvalue weighted by atomic mass is 10.0. The number of sulfonamides is 1. The Kier molecular flexibility index (Phi) is 4.96. The molecule has 124 valence electrons. The molecule has 0 amide bonds. The highest BCUT2D eigenvalue weighted by Gasteiger charge is 2.37. The summed E-state index contributed by atoms with van der Waals surface area (Å²) in [5.74, 6) is -0.0728. The third-order valence-corrected chi connectivity index (χ3v) is 7.47. The summed E-state index contributed by atoms with van der Waals surface area (Å²) in [4.78, 5) is -0.0205. The monoisotopic (exact) mass is 346 g/mol. The second-order valence-corrected chi connectivity index (χ2v) is 9.64. The van der Waals surface area contributed by atoms with Crippen molar-refractivity contribution in [3.05, 3.63) is 24.3 Å². The van der Waals surface area contributed by atoms with Gasteiger partial charge < -0.3 is 5.73 Å². The highest BCUT2D eigenvalue weighted by Crippen LogP contribution is 2.30. The lowest BCUT2D eigenvalue weighted by molar-refractivity contribution is 0.399. The van der Waals surface area contributed by atoms with E-state index in [9.17, 15) is 16.8 Å². The van der Waals surface area contributed by atoms with Crippen LogP contribution < -0.4 is 10.5 Å². The van der Waals surface area contributed by atoms with Gasteiger partial charge in [0.25, 0.3) is 0 Å². The maximum absolute atomic E-state index is 12.6. The number of nitrogens with one attached hydrogen (secondary N) is 1. The van der Waals surface area contributed by atoms with Crippen molar-refractivity contribution in [1.82, 2.24) is 4.72 Å². The van der Waals surface area contributed by atoms with Gasteiger partial charge in [-0.15, -0.1) is 0 Å². The van der Waals surface area contributed by atoms with Crippen LogP contribution in [0.1, 0.15) is 32.6 Å². The van der Waals surface area contributed by atoms with Gasteiger partial charge in [-0.3, -0.25) is 0 Å². The van der Waals surface area contributed by atoms with Crippen LogP contribution in [-0.2, 0) is 19.9 Å². The molecule has 6 nitrogen and oxygen atoms in total. The summed E-state index contributed by atoms with van der Waals surface area (Å²) in [7, 11) is -7.25. The van der Waals surface area contributed by atoms with Gasteiger partial charge in [-0.2, -0.15) is 0 Å². The van der Waals surface area contributed by atoms with Gasteiger partial charge in [-0.25, -0.2) is 21.6 Å². The number of hydrogen-bond donors (Lipinski definition) is 2. The fourth-order valence-corrected chi connectivity index (χ4v) is 5.26. The molecular formula is C14H22N2O4S2. The summed E-state index contributed by atoms with van der Waals surface area (Å²) < 4.78 is 51.6. The molecule has 0 unspecified atom stereocenters. The van der Waals surface area contributed by atoms with Crippen LogP contribution in [0.2, 0.25) is 0 Å². The molecule has 0 atom stereocenters. The number of nitrogens with two attached hydrogens (primary N) is 1. The summed E-state index contributed by atoms with van der Waals surface area (Å²) in [5.41, 5.74) is 5.14. The van der Waals surface area contributed by atoms with E-state index in [4.69, 9.17) is 5.73 Å². The van der Waals surface area contributed by atoms with Gasteiger partial charge >= 0.3 is 0 Å². The topological polar surface area (TPSA) is 106 Å². The Morgan fingerprint density at radius 3 is 2.27 bits per heavy atom. The smallest absolute Gasteiger partial charge is 0.241 e. The quantitative estimate of drug-likeness (QED) is 0.800. The van der Waals surface area contributed by atoms with Crippen LogP contribution in [0.4, 0.5) is 0 Å². The fraction of sp³-hybridized carbons (Fsp3) is 0.571. The van der Waals surface area contributed by atoms with Gasteiger partial charge in [-0.1, -0.05) is 25.8 Å². The summed E-state index contributed by atoms with van der Waals surface area (Å²) >= 11 is 0. The highest BCUT2D eigenvalue weighted by atomic mass is 32.2. The highest BCUT2D eigenvalue weighted by molar-refractivity contribution is 7.91. The van der Waals surface area contributed by atoms with E-state index in [1.165, 1.54) is 31.2 Å². The lowest BCUT2D eigenvalue weighted by Gasteiger charge is -2.28. The molecule has 0 aliphatic heterocycles. The molecule has 0 aromatic heterocycles. The summed E-state index contributed by atoms with van der Waals surface area (Å²) in [6.07, 6.45) is 3.28. The molecule has 1 aliphatic carbocycles. The zero-order valence-corrected chi connectivity index (χ0v) is 14.2. The van der Waals surface area contributed by atoms with E-state index in [2.05, 4.69) is 4.72 Å². The fourth-order valence-electron chi connectivity index (χ4n) is 2.75. The van der Waals surface area contributed by atoms with Crippen molar-refractivity contribution in [2.75, 3.05) is 12.3 Å². The van der Waals surface area contributed by atoms with Gasteiger partial charge in [-0.05, 0) is 31.0 Å². The Hall–Kier alpha value is -0.960. The van der Waals surface area contributed by atoms with Gasteiger partial charge in [0.05, 0.1) is 15.5 Å². The van der Waals surface area contributed by atoms with E-state index >= 15 is 0 Å². The van der Waals surface area contributed by atoms with E-state index in [0.29, 0.717) is 12.8 Å². The standard InChI is InChI=1S/C14H22N2O4S2/c1-2-21(17,18)12-6-5-7-13(10-12)22(19,20)16-14(11-15)8-3-4-9-14/h5-7,10,16H,2-4,8-9,11,15H2,1H3. The predicted molar refractivity (Wildman–Crippen MR) is 84.7 cm³/mol. The van der Waals surface area contributed by atoms with Crippen molar-refractivity contribution in [2.45, 2.75) is 47.9 Å².